The van der Waals surface area contributed by atoms with Crippen molar-refractivity contribution in [1.29, 1.82) is 0 Å². The Balaban J connectivity index is 1.56. The molecule has 0 bridgehead atoms. The van der Waals surface area contributed by atoms with Gasteiger partial charge in [-0.2, -0.15) is 0 Å². The van der Waals surface area contributed by atoms with Crippen molar-refractivity contribution in [2.24, 2.45) is 0 Å². The van der Waals surface area contributed by atoms with Gasteiger partial charge in [-0.15, -0.1) is 11.3 Å². The average Bonchev–Trinajstić information content (AvgIpc) is 3.14. The van der Waals surface area contributed by atoms with Crippen LogP contribution in [-0.2, 0) is 16.1 Å². The largest absolute Gasteiger partial charge is 0.497 e. The molecule has 1 heterocycles. The molecule has 0 radical (unpaired) electrons. The molecule has 0 aliphatic heterocycles. The van der Waals surface area contributed by atoms with Crippen molar-refractivity contribution in [2.45, 2.75) is 6.61 Å². The van der Waals surface area contributed by atoms with Gasteiger partial charge in [0.1, 0.15) is 17.4 Å². The zero-order chi connectivity index (χ0) is 18.4. The maximum Gasteiger partial charge on any atom is 0.331 e. The molecule has 2 aromatic carbocycles. The summed E-state index contributed by atoms with van der Waals surface area (Å²) in [5, 5.41) is 3.37. The summed E-state index contributed by atoms with van der Waals surface area (Å²) >= 11 is 7.41. The minimum atomic E-state index is -0.427. The first kappa shape index (κ1) is 18.2. The molecule has 0 spiro atoms. The van der Waals surface area contributed by atoms with Crippen LogP contribution in [0.5, 0.6) is 5.75 Å². The first-order valence-corrected chi connectivity index (χ1v) is 9.09. The zero-order valence-corrected chi connectivity index (χ0v) is 15.6. The summed E-state index contributed by atoms with van der Waals surface area (Å²) < 4.78 is 10.4. The molecule has 0 aliphatic carbocycles. The van der Waals surface area contributed by atoms with Gasteiger partial charge in [0.25, 0.3) is 0 Å². The molecule has 132 valence electrons. The molecule has 3 aromatic rings. The molecule has 0 aliphatic rings. The van der Waals surface area contributed by atoms with E-state index in [2.05, 4.69) is 4.98 Å². The highest BCUT2D eigenvalue weighted by atomic mass is 35.5. The van der Waals surface area contributed by atoms with Crippen LogP contribution in [-0.4, -0.2) is 18.1 Å². The van der Waals surface area contributed by atoms with Crippen molar-refractivity contribution in [3.63, 3.8) is 0 Å². The molecule has 0 unspecified atom stereocenters. The van der Waals surface area contributed by atoms with E-state index in [4.69, 9.17) is 21.1 Å². The second-order valence-electron chi connectivity index (χ2n) is 5.37. The Morgan fingerprint density at radius 2 is 2.04 bits per heavy atom. The number of hydrogen-bond donors (Lipinski definition) is 0. The number of benzene rings is 2. The van der Waals surface area contributed by atoms with Crippen LogP contribution in [0, 0.1) is 0 Å². The van der Waals surface area contributed by atoms with Crippen LogP contribution in [0.1, 0.15) is 11.3 Å². The minimum absolute atomic E-state index is 0.130. The van der Waals surface area contributed by atoms with E-state index in [-0.39, 0.29) is 6.61 Å². The van der Waals surface area contributed by atoms with Gasteiger partial charge in [-0.1, -0.05) is 23.7 Å². The fourth-order valence-electron chi connectivity index (χ4n) is 2.21. The number of hydrogen-bond acceptors (Lipinski definition) is 5. The van der Waals surface area contributed by atoms with Crippen molar-refractivity contribution >= 4 is 35.0 Å². The number of aromatic nitrogens is 1. The summed E-state index contributed by atoms with van der Waals surface area (Å²) in [6, 6.07) is 14.9. The molecule has 4 nitrogen and oxygen atoms in total. The van der Waals surface area contributed by atoms with E-state index in [1.165, 1.54) is 17.4 Å². The molecule has 0 atom stereocenters. The monoisotopic (exact) mass is 385 g/mol. The number of thiazole rings is 1. The van der Waals surface area contributed by atoms with Gasteiger partial charge >= 0.3 is 5.97 Å². The van der Waals surface area contributed by atoms with Gasteiger partial charge in [-0.25, -0.2) is 9.78 Å². The maximum atomic E-state index is 11.8. The first-order chi connectivity index (χ1) is 12.6. The molecule has 26 heavy (non-hydrogen) atoms. The van der Waals surface area contributed by atoms with E-state index in [9.17, 15) is 4.79 Å². The van der Waals surface area contributed by atoms with E-state index in [1.807, 2.05) is 41.8 Å². The van der Waals surface area contributed by atoms with Gasteiger partial charge < -0.3 is 9.47 Å². The van der Waals surface area contributed by atoms with Crippen molar-refractivity contribution in [2.75, 3.05) is 7.11 Å². The van der Waals surface area contributed by atoms with Crippen LogP contribution in [0.25, 0.3) is 16.6 Å². The van der Waals surface area contributed by atoms with E-state index in [1.54, 1.807) is 25.3 Å². The Labute approximate surface area is 160 Å². The van der Waals surface area contributed by atoms with Crippen molar-refractivity contribution in [3.05, 3.63) is 76.3 Å². The second-order valence-corrected chi connectivity index (χ2v) is 6.66. The molecule has 6 heteroatoms. The van der Waals surface area contributed by atoms with Gasteiger partial charge in [-0.05, 0) is 48.0 Å². The Morgan fingerprint density at radius 1 is 1.23 bits per heavy atom. The molecular weight excluding hydrogens is 370 g/mol. The van der Waals surface area contributed by atoms with Crippen LogP contribution in [0.3, 0.4) is 0 Å². The normalized spacial score (nSPS) is 10.8. The Hall–Kier alpha value is -2.63. The lowest BCUT2D eigenvalue weighted by Crippen LogP contribution is -2.00. The summed E-state index contributed by atoms with van der Waals surface area (Å²) in [6.07, 6.45) is 3.04. The number of carbonyl (C=O) groups excluding carboxylic acids is 1. The molecule has 0 saturated carbocycles. The number of halogens is 1. The standard InChI is InChI=1S/C20H16ClNO3S/c1-24-18-8-6-15(7-9-18)20-22-17(13-26-20)12-25-19(23)10-5-14-3-2-4-16(21)11-14/h2-11,13H,12H2,1H3/b10-5+. The average molecular weight is 386 g/mol. The maximum absolute atomic E-state index is 11.8. The lowest BCUT2D eigenvalue weighted by Gasteiger charge is -2.01. The smallest absolute Gasteiger partial charge is 0.331 e. The summed E-state index contributed by atoms with van der Waals surface area (Å²) in [6.45, 7) is 0.130. The summed E-state index contributed by atoms with van der Waals surface area (Å²) in [4.78, 5) is 16.3. The predicted molar refractivity (Wildman–Crippen MR) is 104 cm³/mol. The topological polar surface area (TPSA) is 48.4 Å². The lowest BCUT2D eigenvalue weighted by atomic mass is 10.2. The molecule has 0 N–H and O–H groups in total. The van der Waals surface area contributed by atoms with Crippen molar-refractivity contribution in [1.82, 2.24) is 4.98 Å². The van der Waals surface area contributed by atoms with Gasteiger partial charge in [0.2, 0.25) is 0 Å². The van der Waals surface area contributed by atoms with Gasteiger partial charge in [0.05, 0.1) is 12.8 Å². The number of carbonyl (C=O) groups is 1. The first-order valence-electron chi connectivity index (χ1n) is 7.83. The molecule has 1 aromatic heterocycles. The third kappa shape index (κ3) is 4.94. The zero-order valence-electron chi connectivity index (χ0n) is 14.0. The van der Waals surface area contributed by atoms with Gasteiger partial charge in [0, 0.05) is 22.0 Å². The number of ether oxygens (including phenoxy) is 2. The van der Waals surface area contributed by atoms with E-state index in [0.717, 1.165) is 21.9 Å². The fraction of sp³-hybridized carbons (Fsp3) is 0.100. The SMILES string of the molecule is COc1ccc(-c2nc(COC(=O)/C=C/c3cccc(Cl)c3)cs2)cc1. The number of nitrogens with zero attached hydrogens (tertiary/aromatic N) is 1. The number of esters is 1. The number of rotatable bonds is 6. The quantitative estimate of drug-likeness (QED) is 0.430. The highest BCUT2D eigenvalue weighted by Gasteiger charge is 2.07. The predicted octanol–water partition coefficient (Wildman–Crippen LogP) is 5.23. The molecular formula is C20H16ClNO3S. The van der Waals surface area contributed by atoms with Crippen LogP contribution >= 0.6 is 22.9 Å². The third-order valence-corrected chi connectivity index (χ3v) is 4.69. The van der Waals surface area contributed by atoms with E-state index >= 15 is 0 Å². The van der Waals surface area contributed by atoms with Gasteiger partial charge in [-0.3, -0.25) is 0 Å². The minimum Gasteiger partial charge on any atom is -0.497 e. The fourth-order valence-corrected chi connectivity index (χ4v) is 3.22. The van der Waals surface area contributed by atoms with Crippen LogP contribution in [0.4, 0.5) is 0 Å². The summed E-state index contributed by atoms with van der Waals surface area (Å²) in [5.41, 5.74) is 2.55. The Kier molecular flexibility index (Phi) is 6.04. The number of methoxy groups -OCH3 is 1. The molecule has 0 fully saturated rings. The van der Waals surface area contributed by atoms with Crippen LogP contribution in [0.2, 0.25) is 5.02 Å². The van der Waals surface area contributed by atoms with Crippen molar-refractivity contribution < 1.29 is 14.3 Å². The third-order valence-electron chi connectivity index (χ3n) is 3.51. The molecule has 0 amide bonds. The lowest BCUT2D eigenvalue weighted by molar-refractivity contribution is -0.139. The Bertz CT molecular complexity index is 919. The van der Waals surface area contributed by atoms with Crippen LogP contribution < -0.4 is 4.74 Å². The summed E-state index contributed by atoms with van der Waals surface area (Å²) in [5.74, 6) is 0.370. The van der Waals surface area contributed by atoms with E-state index < -0.39 is 5.97 Å². The van der Waals surface area contributed by atoms with Crippen molar-refractivity contribution in [3.8, 4) is 16.3 Å². The Morgan fingerprint density at radius 3 is 2.77 bits per heavy atom. The van der Waals surface area contributed by atoms with E-state index in [0.29, 0.717) is 10.7 Å². The highest BCUT2D eigenvalue weighted by molar-refractivity contribution is 7.13. The summed E-state index contributed by atoms with van der Waals surface area (Å²) in [7, 11) is 1.63. The van der Waals surface area contributed by atoms with Gasteiger partial charge in [0.15, 0.2) is 0 Å². The molecule has 3 rings (SSSR count). The van der Waals surface area contributed by atoms with Crippen LogP contribution in [0.15, 0.2) is 60.0 Å². The highest BCUT2D eigenvalue weighted by Crippen LogP contribution is 2.26. The molecule has 0 saturated heterocycles. The second kappa shape index (κ2) is 8.65.